The number of nitrogens with one attached hydrogen (secondary N) is 2. The van der Waals surface area contributed by atoms with E-state index in [1.54, 1.807) is 18.2 Å². The Labute approximate surface area is 115 Å². The number of hydrogen-bond acceptors (Lipinski definition) is 2. The first-order valence-corrected chi connectivity index (χ1v) is 6.21. The predicted molar refractivity (Wildman–Crippen MR) is 73.1 cm³/mol. The van der Waals surface area contributed by atoms with Crippen LogP contribution in [0.25, 0.3) is 0 Å². The molecule has 0 aliphatic rings. The number of benzene rings is 2. The van der Waals surface area contributed by atoms with E-state index in [4.69, 9.17) is 0 Å². The van der Waals surface area contributed by atoms with Crippen molar-refractivity contribution in [3.8, 4) is 0 Å². The number of para-hydroxylation sites is 1. The first-order valence-electron chi connectivity index (χ1n) is 6.21. The lowest BCUT2D eigenvalue weighted by Crippen LogP contribution is -2.21. The van der Waals surface area contributed by atoms with Gasteiger partial charge in [0.05, 0.1) is 6.42 Å². The van der Waals surface area contributed by atoms with Gasteiger partial charge in [-0.3, -0.25) is 0 Å². The third kappa shape index (κ3) is 4.93. The minimum absolute atomic E-state index is 0.275. The molecule has 0 spiro atoms. The highest BCUT2D eigenvalue weighted by Gasteiger charge is 2.27. The highest BCUT2D eigenvalue weighted by atomic mass is 19.4. The summed E-state index contributed by atoms with van der Waals surface area (Å²) in [7, 11) is 0. The van der Waals surface area contributed by atoms with E-state index in [0.29, 0.717) is 6.54 Å². The molecule has 0 bridgehead atoms. The van der Waals surface area contributed by atoms with Crippen molar-refractivity contribution in [2.45, 2.75) is 19.1 Å². The van der Waals surface area contributed by atoms with E-state index in [-0.39, 0.29) is 5.56 Å². The lowest BCUT2D eigenvalue weighted by Gasteiger charge is -2.10. The predicted octanol–water partition coefficient (Wildman–Crippen LogP) is 3.91. The van der Waals surface area contributed by atoms with Crippen LogP contribution < -0.4 is 10.9 Å². The lowest BCUT2D eigenvalue weighted by molar-refractivity contribution is -0.127. The Hall–Kier alpha value is -2.01. The standard InChI is InChI=1S/C15H15F3N2/c16-15(17,18)10-12-5-4-6-13(9-12)11-19-20-14-7-2-1-3-8-14/h1-9,19-20H,10-11H2. The molecule has 2 aromatic rings. The molecule has 0 aliphatic carbocycles. The number of rotatable bonds is 5. The molecule has 0 aliphatic heterocycles. The van der Waals surface area contributed by atoms with Gasteiger partial charge in [-0.1, -0.05) is 42.5 Å². The van der Waals surface area contributed by atoms with Crippen LogP contribution in [0.4, 0.5) is 18.9 Å². The molecule has 0 heterocycles. The molecule has 2 rings (SSSR count). The first-order chi connectivity index (χ1) is 9.53. The van der Waals surface area contributed by atoms with Crippen LogP contribution in [0.5, 0.6) is 0 Å². The second-order valence-electron chi connectivity index (χ2n) is 4.46. The topological polar surface area (TPSA) is 24.1 Å². The summed E-state index contributed by atoms with van der Waals surface area (Å²) in [5, 5.41) is 0. The molecule has 2 aromatic carbocycles. The Morgan fingerprint density at radius 3 is 2.25 bits per heavy atom. The van der Waals surface area contributed by atoms with Crippen molar-refractivity contribution in [3.05, 3.63) is 65.7 Å². The van der Waals surface area contributed by atoms with Gasteiger partial charge in [0, 0.05) is 12.2 Å². The van der Waals surface area contributed by atoms with Gasteiger partial charge < -0.3 is 5.43 Å². The Morgan fingerprint density at radius 1 is 0.850 bits per heavy atom. The summed E-state index contributed by atoms with van der Waals surface area (Å²) in [6, 6.07) is 16.0. The first kappa shape index (κ1) is 14.4. The molecular formula is C15H15F3N2. The maximum Gasteiger partial charge on any atom is 0.393 e. The fraction of sp³-hybridized carbons (Fsp3) is 0.200. The zero-order valence-corrected chi connectivity index (χ0v) is 10.7. The highest BCUT2D eigenvalue weighted by molar-refractivity contribution is 5.41. The van der Waals surface area contributed by atoms with E-state index in [1.165, 1.54) is 6.07 Å². The number of hydrazine groups is 1. The molecule has 0 radical (unpaired) electrons. The quantitative estimate of drug-likeness (QED) is 0.811. The Morgan fingerprint density at radius 2 is 1.55 bits per heavy atom. The molecular weight excluding hydrogens is 265 g/mol. The van der Waals surface area contributed by atoms with Gasteiger partial charge in [0.2, 0.25) is 0 Å². The normalized spacial score (nSPS) is 11.3. The van der Waals surface area contributed by atoms with Gasteiger partial charge in [-0.15, -0.1) is 0 Å². The van der Waals surface area contributed by atoms with Gasteiger partial charge >= 0.3 is 6.18 Å². The molecule has 20 heavy (non-hydrogen) atoms. The summed E-state index contributed by atoms with van der Waals surface area (Å²) in [6.45, 7) is 0.445. The van der Waals surface area contributed by atoms with Crippen molar-refractivity contribution >= 4 is 5.69 Å². The molecule has 2 nitrogen and oxygen atoms in total. The fourth-order valence-electron chi connectivity index (χ4n) is 1.85. The van der Waals surface area contributed by atoms with Crippen LogP contribution in [0.15, 0.2) is 54.6 Å². The van der Waals surface area contributed by atoms with Crippen LogP contribution in [0.3, 0.4) is 0 Å². The molecule has 0 unspecified atom stereocenters. The molecule has 0 saturated carbocycles. The van der Waals surface area contributed by atoms with E-state index < -0.39 is 12.6 Å². The average Bonchev–Trinajstić information content (AvgIpc) is 2.38. The fourth-order valence-corrected chi connectivity index (χ4v) is 1.85. The van der Waals surface area contributed by atoms with Gasteiger partial charge in [0.25, 0.3) is 0 Å². The summed E-state index contributed by atoms with van der Waals surface area (Å²) >= 11 is 0. The molecule has 0 aromatic heterocycles. The average molecular weight is 280 g/mol. The van der Waals surface area contributed by atoms with Crippen molar-refractivity contribution in [2.24, 2.45) is 0 Å². The minimum Gasteiger partial charge on any atom is -0.321 e. The van der Waals surface area contributed by atoms with Crippen LogP contribution in [0, 0.1) is 0 Å². The number of anilines is 1. The second kappa shape index (κ2) is 6.43. The summed E-state index contributed by atoms with van der Waals surface area (Å²) < 4.78 is 37.0. The van der Waals surface area contributed by atoms with Gasteiger partial charge in [-0.2, -0.15) is 13.2 Å². The van der Waals surface area contributed by atoms with Crippen molar-refractivity contribution in [1.82, 2.24) is 5.43 Å². The Balaban J connectivity index is 1.88. The van der Waals surface area contributed by atoms with E-state index >= 15 is 0 Å². The molecule has 0 atom stereocenters. The summed E-state index contributed by atoms with van der Waals surface area (Å²) in [5.74, 6) is 0. The summed E-state index contributed by atoms with van der Waals surface area (Å²) in [5.41, 5.74) is 7.94. The van der Waals surface area contributed by atoms with Crippen LogP contribution >= 0.6 is 0 Å². The smallest absolute Gasteiger partial charge is 0.321 e. The monoisotopic (exact) mass is 280 g/mol. The van der Waals surface area contributed by atoms with Crippen molar-refractivity contribution in [2.75, 3.05) is 5.43 Å². The largest absolute Gasteiger partial charge is 0.393 e. The van der Waals surface area contributed by atoms with E-state index in [9.17, 15) is 13.2 Å². The van der Waals surface area contributed by atoms with Gasteiger partial charge in [-0.25, -0.2) is 5.43 Å². The molecule has 0 fully saturated rings. The zero-order valence-electron chi connectivity index (χ0n) is 10.7. The molecule has 0 saturated heterocycles. The van der Waals surface area contributed by atoms with E-state index in [1.807, 2.05) is 30.3 Å². The third-order valence-corrected chi connectivity index (χ3v) is 2.69. The summed E-state index contributed by atoms with van der Waals surface area (Å²) in [4.78, 5) is 0. The van der Waals surface area contributed by atoms with Crippen LogP contribution in [-0.4, -0.2) is 6.18 Å². The lowest BCUT2D eigenvalue weighted by atomic mass is 10.1. The second-order valence-corrected chi connectivity index (χ2v) is 4.46. The Bertz CT molecular complexity index is 538. The third-order valence-electron chi connectivity index (χ3n) is 2.69. The maximum atomic E-state index is 12.3. The zero-order chi connectivity index (χ0) is 14.4. The molecule has 0 amide bonds. The van der Waals surface area contributed by atoms with Crippen LogP contribution in [-0.2, 0) is 13.0 Å². The Kier molecular flexibility index (Phi) is 4.63. The molecule has 5 heteroatoms. The molecule has 2 N–H and O–H groups in total. The number of hydrogen-bond donors (Lipinski definition) is 2. The number of halogens is 3. The van der Waals surface area contributed by atoms with E-state index in [2.05, 4.69) is 10.9 Å². The van der Waals surface area contributed by atoms with Gasteiger partial charge in [0.1, 0.15) is 0 Å². The molecule has 106 valence electrons. The van der Waals surface area contributed by atoms with Crippen molar-refractivity contribution in [1.29, 1.82) is 0 Å². The highest BCUT2D eigenvalue weighted by Crippen LogP contribution is 2.21. The SMILES string of the molecule is FC(F)(F)Cc1cccc(CNNc2ccccc2)c1. The van der Waals surface area contributed by atoms with Crippen molar-refractivity contribution < 1.29 is 13.2 Å². The number of alkyl halides is 3. The summed E-state index contributed by atoms with van der Waals surface area (Å²) in [6.07, 6.45) is -5.07. The van der Waals surface area contributed by atoms with E-state index in [0.717, 1.165) is 11.3 Å². The van der Waals surface area contributed by atoms with Gasteiger partial charge in [0.15, 0.2) is 0 Å². The maximum absolute atomic E-state index is 12.3. The van der Waals surface area contributed by atoms with Crippen molar-refractivity contribution in [3.63, 3.8) is 0 Å². The minimum atomic E-state index is -4.17. The van der Waals surface area contributed by atoms with Crippen LogP contribution in [0.2, 0.25) is 0 Å². The van der Waals surface area contributed by atoms with Gasteiger partial charge in [-0.05, 0) is 23.3 Å². The van der Waals surface area contributed by atoms with Crippen LogP contribution in [0.1, 0.15) is 11.1 Å².